The summed E-state index contributed by atoms with van der Waals surface area (Å²) in [6, 6.07) is 4.95. The van der Waals surface area contributed by atoms with Crippen molar-refractivity contribution in [2.24, 2.45) is 0 Å². The van der Waals surface area contributed by atoms with E-state index >= 15 is 0 Å². The molecule has 1 aromatic rings. The number of halogens is 4. The summed E-state index contributed by atoms with van der Waals surface area (Å²) in [5.74, 6) is -5.05. The van der Waals surface area contributed by atoms with Crippen LogP contribution in [0.4, 0.5) is 23.2 Å². The highest BCUT2D eigenvalue weighted by Gasteiger charge is 2.40. The molecule has 0 saturated carbocycles. The minimum absolute atomic E-state index is 0.161. The normalized spacial score (nSPS) is 11.6. The number of carbonyl (C=O) groups excluding carboxylic acids is 1. The van der Waals surface area contributed by atoms with Crippen LogP contribution in [0, 0.1) is 6.92 Å². The fourth-order valence-electron chi connectivity index (χ4n) is 1.63. The van der Waals surface area contributed by atoms with E-state index in [0.29, 0.717) is 12.2 Å². The molecule has 3 nitrogen and oxygen atoms in total. The Bertz CT molecular complexity index is 492. The quantitative estimate of drug-likeness (QED) is 0.758. The van der Waals surface area contributed by atoms with E-state index in [9.17, 15) is 22.4 Å². The van der Waals surface area contributed by atoms with Gasteiger partial charge in [-0.1, -0.05) is 18.6 Å². The molecule has 1 rings (SSSR count). The van der Waals surface area contributed by atoms with Gasteiger partial charge in [-0.15, -0.1) is 0 Å². The number of hydrogen-bond donors (Lipinski definition) is 2. The lowest BCUT2D eigenvalue weighted by Gasteiger charge is -2.17. The number of benzene rings is 1. The van der Waals surface area contributed by atoms with Crippen LogP contribution in [0.3, 0.4) is 0 Å². The van der Waals surface area contributed by atoms with Crippen molar-refractivity contribution < 1.29 is 22.4 Å². The predicted octanol–water partition coefficient (Wildman–Crippen LogP) is 3.45. The number of amides is 1. The summed E-state index contributed by atoms with van der Waals surface area (Å²) in [6.45, 7) is 2.89. The fourth-order valence-corrected chi connectivity index (χ4v) is 1.63. The van der Waals surface area contributed by atoms with Gasteiger partial charge in [0.25, 0.3) is 5.91 Å². The van der Waals surface area contributed by atoms with Crippen LogP contribution in [0.15, 0.2) is 18.2 Å². The monoisotopic (exact) mass is 306 g/mol. The number of hydrogen-bond acceptors (Lipinski definition) is 2. The van der Waals surface area contributed by atoms with Crippen molar-refractivity contribution in [2.75, 3.05) is 18.4 Å². The molecule has 2 N–H and O–H groups in total. The second-order valence-corrected chi connectivity index (χ2v) is 4.72. The minimum atomic E-state index is -4.24. The third kappa shape index (κ3) is 4.91. The van der Waals surface area contributed by atoms with E-state index in [4.69, 9.17) is 0 Å². The van der Waals surface area contributed by atoms with Crippen LogP contribution in [0.25, 0.3) is 0 Å². The lowest BCUT2D eigenvalue weighted by molar-refractivity contribution is -0.123. The van der Waals surface area contributed by atoms with Crippen LogP contribution in [0.5, 0.6) is 0 Å². The van der Waals surface area contributed by atoms with Crippen LogP contribution in [-0.4, -0.2) is 31.3 Å². The van der Waals surface area contributed by atoms with Gasteiger partial charge in [0.05, 0.1) is 12.1 Å². The summed E-state index contributed by atoms with van der Waals surface area (Å²) in [7, 11) is 0. The maximum Gasteiger partial charge on any atom is 0.324 e. The molecule has 7 heteroatoms. The van der Waals surface area contributed by atoms with Gasteiger partial charge in [0.1, 0.15) is 0 Å². The summed E-state index contributed by atoms with van der Waals surface area (Å²) in [5, 5.41) is 4.85. The van der Waals surface area contributed by atoms with Gasteiger partial charge in [-0.05, 0) is 25.5 Å². The zero-order chi connectivity index (χ0) is 16.0. The smallest absolute Gasteiger partial charge is 0.324 e. The highest BCUT2D eigenvalue weighted by atomic mass is 19.3. The van der Waals surface area contributed by atoms with Crippen molar-refractivity contribution in [3.63, 3.8) is 0 Å². The number of alkyl halides is 4. The van der Waals surface area contributed by atoms with Crippen LogP contribution in [0.2, 0.25) is 0 Å². The Morgan fingerprint density at radius 1 is 1.33 bits per heavy atom. The highest BCUT2D eigenvalue weighted by molar-refractivity contribution is 5.99. The van der Waals surface area contributed by atoms with Crippen molar-refractivity contribution in [3.8, 4) is 0 Å². The van der Waals surface area contributed by atoms with Gasteiger partial charge in [-0.25, -0.2) is 8.78 Å². The summed E-state index contributed by atoms with van der Waals surface area (Å²) < 4.78 is 49.8. The highest BCUT2D eigenvalue weighted by Crippen LogP contribution is 2.22. The molecule has 21 heavy (non-hydrogen) atoms. The predicted molar refractivity (Wildman–Crippen MR) is 73.2 cm³/mol. The molecular formula is C14H18F4N2O. The molecule has 0 radical (unpaired) electrons. The fraction of sp³-hybridized carbons (Fsp3) is 0.500. The van der Waals surface area contributed by atoms with E-state index in [0.717, 1.165) is 12.0 Å². The van der Waals surface area contributed by atoms with Crippen molar-refractivity contribution in [1.82, 2.24) is 5.32 Å². The van der Waals surface area contributed by atoms with E-state index in [1.54, 1.807) is 19.1 Å². The third-order valence-corrected chi connectivity index (χ3v) is 2.79. The number of nitrogens with one attached hydrogen (secondary N) is 2. The summed E-state index contributed by atoms with van der Waals surface area (Å²) in [5.41, 5.74) is 1.41. The molecule has 0 aromatic heterocycles. The first-order valence-corrected chi connectivity index (χ1v) is 6.56. The lowest BCUT2D eigenvalue weighted by atomic mass is 10.1. The van der Waals surface area contributed by atoms with Crippen LogP contribution < -0.4 is 10.6 Å². The number of carbonyl (C=O) groups is 1. The second kappa shape index (κ2) is 7.28. The van der Waals surface area contributed by atoms with Crippen LogP contribution in [-0.2, 0) is 0 Å². The molecule has 0 saturated heterocycles. The molecule has 0 fully saturated rings. The molecular weight excluding hydrogens is 288 g/mol. The molecule has 0 aliphatic rings. The summed E-state index contributed by atoms with van der Waals surface area (Å²) in [6.07, 6.45) is -2.99. The van der Waals surface area contributed by atoms with Crippen molar-refractivity contribution in [1.29, 1.82) is 0 Å². The van der Waals surface area contributed by atoms with Gasteiger partial charge in [-0.2, -0.15) is 8.78 Å². The Kier molecular flexibility index (Phi) is 5.99. The number of anilines is 1. The largest absolute Gasteiger partial charge is 0.384 e. The number of rotatable bonds is 7. The average Bonchev–Trinajstić information content (AvgIpc) is 2.43. The van der Waals surface area contributed by atoms with Gasteiger partial charge >= 0.3 is 12.3 Å². The molecule has 1 amide bonds. The number of aryl methyl sites for hydroxylation is 1. The van der Waals surface area contributed by atoms with E-state index in [1.807, 2.05) is 12.2 Å². The molecule has 118 valence electrons. The molecule has 0 atom stereocenters. The molecule has 0 aliphatic heterocycles. The van der Waals surface area contributed by atoms with E-state index in [-0.39, 0.29) is 5.56 Å². The van der Waals surface area contributed by atoms with Gasteiger partial charge in [0.15, 0.2) is 0 Å². The first-order chi connectivity index (χ1) is 9.77. The zero-order valence-corrected chi connectivity index (χ0v) is 11.9. The SMILES string of the molecule is CCCNc1ccc(C)cc1C(=O)NCC(F)(F)C(F)F. The van der Waals surface area contributed by atoms with E-state index < -0.39 is 24.8 Å². The molecule has 0 spiro atoms. The second-order valence-electron chi connectivity index (χ2n) is 4.72. The Morgan fingerprint density at radius 3 is 2.57 bits per heavy atom. The molecule has 0 bridgehead atoms. The van der Waals surface area contributed by atoms with Crippen molar-refractivity contribution in [3.05, 3.63) is 29.3 Å². The zero-order valence-electron chi connectivity index (χ0n) is 11.9. The molecule has 0 heterocycles. The topological polar surface area (TPSA) is 41.1 Å². The Hall–Kier alpha value is -1.79. The maximum absolute atomic E-state index is 12.8. The van der Waals surface area contributed by atoms with Gasteiger partial charge in [-0.3, -0.25) is 4.79 Å². The Morgan fingerprint density at radius 2 is 2.00 bits per heavy atom. The first-order valence-electron chi connectivity index (χ1n) is 6.56. The van der Waals surface area contributed by atoms with Crippen molar-refractivity contribution in [2.45, 2.75) is 32.6 Å². The van der Waals surface area contributed by atoms with E-state index in [2.05, 4.69) is 5.32 Å². The first kappa shape index (κ1) is 17.3. The summed E-state index contributed by atoms with van der Waals surface area (Å²) >= 11 is 0. The molecule has 0 aliphatic carbocycles. The van der Waals surface area contributed by atoms with Gasteiger partial charge in [0, 0.05) is 12.2 Å². The minimum Gasteiger partial charge on any atom is -0.384 e. The Balaban J connectivity index is 2.83. The maximum atomic E-state index is 12.8. The third-order valence-electron chi connectivity index (χ3n) is 2.79. The van der Waals surface area contributed by atoms with Gasteiger partial charge < -0.3 is 10.6 Å². The standard InChI is InChI=1S/C14H18F4N2O/c1-3-6-19-11-5-4-9(2)7-10(11)12(21)20-8-14(17,18)13(15)16/h4-5,7,13,19H,3,6,8H2,1-2H3,(H,20,21). The lowest BCUT2D eigenvalue weighted by Crippen LogP contribution is -2.41. The van der Waals surface area contributed by atoms with Crippen LogP contribution >= 0.6 is 0 Å². The van der Waals surface area contributed by atoms with Gasteiger partial charge in [0.2, 0.25) is 0 Å². The molecule has 1 aromatic carbocycles. The molecule has 0 unspecified atom stereocenters. The summed E-state index contributed by atoms with van der Waals surface area (Å²) in [4.78, 5) is 11.9. The van der Waals surface area contributed by atoms with E-state index in [1.165, 1.54) is 6.07 Å². The van der Waals surface area contributed by atoms with Crippen molar-refractivity contribution >= 4 is 11.6 Å². The average molecular weight is 306 g/mol. The van der Waals surface area contributed by atoms with Crippen LogP contribution in [0.1, 0.15) is 29.3 Å². The Labute approximate surface area is 120 Å².